The summed E-state index contributed by atoms with van der Waals surface area (Å²) in [7, 11) is 0. The highest BCUT2D eigenvalue weighted by Gasteiger charge is 2.31. The van der Waals surface area contributed by atoms with Gasteiger partial charge in [0.2, 0.25) is 0 Å². The second-order valence-corrected chi connectivity index (χ2v) is 4.89. The van der Waals surface area contributed by atoms with Gasteiger partial charge in [0.05, 0.1) is 16.3 Å². The maximum atomic E-state index is 12.6. The lowest BCUT2D eigenvalue weighted by Crippen LogP contribution is -2.05. The topological polar surface area (TPSA) is 41.8 Å². The summed E-state index contributed by atoms with van der Waals surface area (Å²) in [4.78, 5) is 0. The Labute approximate surface area is 137 Å². The van der Waals surface area contributed by atoms with E-state index in [0.29, 0.717) is 17.9 Å². The lowest BCUT2D eigenvalue weighted by Gasteiger charge is -2.11. The minimum Gasteiger partial charge on any atom is -0.456 e. The number of alkyl halides is 3. The first-order chi connectivity index (χ1) is 10.8. The number of nitrogens with zero attached hydrogens (tertiary/aromatic N) is 1. The zero-order chi connectivity index (χ0) is 17.5. The van der Waals surface area contributed by atoms with E-state index in [1.165, 1.54) is 6.08 Å². The van der Waals surface area contributed by atoms with Crippen LogP contribution < -0.4 is 4.74 Å². The van der Waals surface area contributed by atoms with Crippen LogP contribution in [-0.2, 0) is 6.18 Å². The molecule has 0 heterocycles. The predicted molar refractivity (Wildman–Crippen MR) is 84.0 cm³/mol. The highest BCUT2D eigenvalue weighted by molar-refractivity contribution is 6.32. The number of oxime groups is 1. The van der Waals surface area contributed by atoms with E-state index in [1.807, 2.05) is 0 Å². The molecule has 1 aromatic carbocycles. The normalized spacial score (nSPS) is 13.4. The molecule has 0 bridgehead atoms. The number of hydrogen-bond acceptors (Lipinski definition) is 3. The minimum atomic E-state index is -4.47. The molecule has 1 rings (SSSR count). The molecule has 124 valence electrons. The summed E-state index contributed by atoms with van der Waals surface area (Å²) in [5.41, 5.74) is -0.415. The molecule has 0 aliphatic heterocycles. The van der Waals surface area contributed by atoms with Crippen molar-refractivity contribution in [3.05, 3.63) is 65.4 Å². The number of ether oxygens (including phenoxy) is 1. The van der Waals surface area contributed by atoms with Gasteiger partial charge in [0, 0.05) is 6.42 Å². The molecule has 1 aromatic rings. The largest absolute Gasteiger partial charge is 0.456 e. The van der Waals surface area contributed by atoms with Crippen molar-refractivity contribution in [1.29, 1.82) is 0 Å². The summed E-state index contributed by atoms with van der Waals surface area (Å²) in [5, 5.41) is 11.5. The van der Waals surface area contributed by atoms with Crippen LogP contribution in [0, 0.1) is 0 Å². The Morgan fingerprint density at radius 2 is 2.13 bits per heavy atom. The summed E-state index contributed by atoms with van der Waals surface area (Å²) >= 11 is 5.84. The summed E-state index contributed by atoms with van der Waals surface area (Å²) in [6, 6.07) is 2.83. The van der Waals surface area contributed by atoms with Gasteiger partial charge in [0.15, 0.2) is 0 Å². The molecule has 0 radical (unpaired) electrons. The molecule has 0 aliphatic carbocycles. The van der Waals surface area contributed by atoms with Crippen molar-refractivity contribution in [2.45, 2.75) is 19.5 Å². The van der Waals surface area contributed by atoms with Crippen molar-refractivity contribution >= 4 is 17.3 Å². The molecule has 0 saturated carbocycles. The van der Waals surface area contributed by atoms with Crippen molar-refractivity contribution in [3.8, 4) is 5.75 Å². The van der Waals surface area contributed by atoms with E-state index in [-0.39, 0.29) is 10.8 Å². The molecule has 0 atom stereocenters. The number of rotatable bonds is 6. The molecule has 0 spiro atoms. The first-order valence-corrected chi connectivity index (χ1v) is 6.87. The van der Waals surface area contributed by atoms with E-state index in [0.717, 1.165) is 18.2 Å². The Morgan fingerprint density at radius 1 is 1.43 bits per heavy atom. The van der Waals surface area contributed by atoms with Crippen LogP contribution >= 0.6 is 11.6 Å². The van der Waals surface area contributed by atoms with E-state index in [4.69, 9.17) is 21.5 Å². The van der Waals surface area contributed by atoms with Crippen molar-refractivity contribution in [2.75, 3.05) is 0 Å². The Kier molecular flexibility index (Phi) is 6.90. The fraction of sp³-hybridized carbons (Fsp3) is 0.188. The van der Waals surface area contributed by atoms with Crippen molar-refractivity contribution < 1.29 is 23.1 Å². The van der Waals surface area contributed by atoms with Gasteiger partial charge in [0.25, 0.3) is 0 Å². The van der Waals surface area contributed by atoms with E-state index in [1.54, 1.807) is 25.2 Å². The number of hydrogen-bond donors (Lipinski definition) is 1. The molecule has 23 heavy (non-hydrogen) atoms. The summed E-state index contributed by atoms with van der Waals surface area (Å²) < 4.78 is 43.3. The van der Waals surface area contributed by atoms with Crippen LogP contribution in [0.15, 0.2) is 60.0 Å². The average molecular weight is 346 g/mol. The smallest absolute Gasteiger partial charge is 0.416 e. The van der Waals surface area contributed by atoms with Gasteiger partial charge in [-0.2, -0.15) is 13.2 Å². The van der Waals surface area contributed by atoms with Gasteiger partial charge >= 0.3 is 6.18 Å². The Bertz CT molecular complexity index is 649. The van der Waals surface area contributed by atoms with Crippen LogP contribution in [0.3, 0.4) is 0 Å². The van der Waals surface area contributed by atoms with Gasteiger partial charge in [-0.05, 0) is 37.3 Å². The molecule has 3 nitrogen and oxygen atoms in total. The molecule has 0 aliphatic rings. The number of allylic oxidation sites excluding steroid dienone is 4. The number of benzene rings is 1. The van der Waals surface area contributed by atoms with Crippen molar-refractivity contribution in [2.24, 2.45) is 5.16 Å². The van der Waals surface area contributed by atoms with Gasteiger partial charge in [-0.15, -0.1) is 0 Å². The standard InChI is InChI=1S/C16H15ClF3NO2/c1-3-4-5-13(8-6-11(2)21-22)23-15-9-7-12(10-14(15)17)16(18,19)20/h3-5,7-10,22H,1,6H2,2H3/b5-4-,13-8+,21-11+. The van der Waals surface area contributed by atoms with Crippen LogP contribution in [0.1, 0.15) is 18.9 Å². The van der Waals surface area contributed by atoms with Crippen molar-refractivity contribution in [3.63, 3.8) is 0 Å². The van der Waals surface area contributed by atoms with Gasteiger partial charge in [0.1, 0.15) is 11.5 Å². The molecule has 0 aromatic heterocycles. The van der Waals surface area contributed by atoms with Crippen LogP contribution in [0.5, 0.6) is 5.75 Å². The van der Waals surface area contributed by atoms with Crippen LogP contribution in [0.4, 0.5) is 13.2 Å². The third kappa shape index (κ3) is 6.20. The molecule has 0 amide bonds. The van der Waals surface area contributed by atoms with Gasteiger partial charge in [-0.25, -0.2) is 0 Å². The third-order valence-corrected chi connectivity index (χ3v) is 2.95. The summed E-state index contributed by atoms with van der Waals surface area (Å²) in [5.74, 6) is 0.410. The lowest BCUT2D eigenvalue weighted by atomic mass is 10.2. The van der Waals surface area contributed by atoms with E-state index < -0.39 is 11.7 Å². The van der Waals surface area contributed by atoms with Crippen LogP contribution in [-0.4, -0.2) is 10.9 Å². The fourth-order valence-electron chi connectivity index (χ4n) is 1.48. The second-order valence-electron chi connectivity index (χ2n) is 4.49. The second kappa shape index (κ2) is 8.43. The molecule has 0 fully saturated rings. The Morgan fingerprint density at radius 3 is 2.65 bits per heavy atom. The minimum absolute atomic E-state index is 0.0817. The number of halogens is 4. The zero-order valence-electron chi connectivity index (χ0n) is 12.3. The van der Waals surface area contributed by atoms with Crippen LogP contribution in [0.25, 0.3) is 0 Å². The first kappa shape index (κ1) is 18.8. The Hall–Kier alpha value is -2.21. The monoisotopic (exact) mass is 345 g/mol. The van der Waals surface area contributed by atoms with Gasteiger partial charge < -0.3 is 9.94 Å². The van der Waals surface area contributed by atoms with E-state index >= 15 is 0 Å². The van der Waals surface area contributed by atoms with E-state index in [9.17, 15) is 13.2 Å². The highest BCUT2D eigenvalue weighted by Crippen LogP contribution is 2.35. The molecule has 0 saturated heterocycles. The first-order valence-electron chi connectivity index (χ1n) is 6.49. The summed E-state index contributed by atoms with van der Waals surface area (Å²) in [6.45, 7) is 5.13. The van der Waals surface area contributed by atoms with Gasteiger partial charge in [-0.1, -0.05) is 35.5 Å². The molecule has 7 heteroatoms. The predicted octanol–water partition coefficient (Wildman–Crippen LogP) is 5.60. The third-order valence-electron chi connectivity index (χ3n) is 2.65. The maximum absolute atomic E-state index is 12.6. The van der Waals surface area contributed by atoms with Crippen LogP contribution in [0.2, 0.25) is 5.02 Å². The Balaban J connectivity index is 3.04. The fourth-order valence-corrected chi connectivity index (χ4v) is 1.70. The summed E-state index contributed by atoms with van der Waals surface area (Å²) in [6.07, 6.45) is 2.09. The maximum Gasteiger partial charge on any atom is 0.416 e. The quantitative estimate of drug-likeness (QED) is 0.239. The highest BCUT2D eigenvalue weighted by atomic mass is 35.5. The molecular formula is C16H15ClF3NO2. The molecule has 1 N–H and O–H groups in total. The lowest BCUT2D eigenvalue weighted by molar-refractivity contribution is -0.137. The molecule has 0 unspecified atom stereocenters. The van der Waals surface area contributed by atoms with Crippen molar-refractivity contribution in [1.82, 2.24) is 0 Å². The van der Waals surface area contributed by atoms with E-state index in [2.05, 4.69) is 11.7 Å². The zero-order valence-corrected chi connectivity index (χ0v) is 13.0. The molecular weight excluding hydrogens is 331 g/mol. The SMILES string of the molecule is C=C/C=C\C(=C/C/C(C)=N/O)Oc1ccc(C(F)(F)F)cc1Cl. The average Bonchev–Trinajstić information content (AvgIpc) is 2.50. The van der Waals surface area contributed by atoms with Gasteiger partial charge in [-0.3, -0.25) is 0 Å².